The van der Waals surface area contributed by atoms with Crippen LogP contribution in [0.3, 0.4) is 0 Å². The van der Waals surface area contributed by atoms with Crippen molar-refractivity contribution in [2.75, 3.05) is 5.33 Å². The summed E-state index contributed by atoms with van der Waals surface area (Å²) in [4.78, 5) is 11.9. The first kappa shape index (κ1) is 13.0. The van der Waals surface area contributed by atoms with Gasteiger partial charge in [0, 0.05) is 11.4 Å². The molecular formula is C12H16BrNO2. The zero-order valence-corrected chi connectivity index (χ0v) is 11.0. The topological polar surface area (TPSA) is 49.3 Å². The minimum absolute atomic E-state index is 0.0597. The van der Waals surface area contributed by atoms with Crippen molar-refractivity contribution in [1.29, 1.82) is 0 Å². The highest BCUT2D eigenvalue weighted by Gasteiger charge is 2.15. The van der Waals surface area contributed by atoms with Gasteiger partial charge in [0.2, 0.25) is 0 Å². The molecule has 0 saturated heterocycles. The zero-order valence-electron chi connectivity index (χ0n) is 9.46. The molecule has 0 fully saturated rings. The fourth-order valence-corrected chi connectivity index (χ4v) is 1.97. The Morgan fingerprint density at radius 2 is 2.25 bits per heavy atom. The van der Waals surface area contributed by atoms with Gasteiger partial charge in [0.05, 0.1) is 5.56 Å². The van der Waals surface area contributed by atoms with Crippen molar-refractivity contribution in [3.8, 4) is 5.75 Å². The number of aromatic hydroxyl groups is 1. The highest BCUT2D eigenvalue weighted by molar-refractivity contribution is 9.09. The number of amides is 1. The largest absolute Gasteiger partial charge is 0.507 e. The lowest BCUT2D eigenvalue weighted by atomic mass is 10.1. The molecule has 1 aromatic carbocycles. The minimum atomic E-state index is -0.229. The molecule has 4 heteroatoms. The number of benzene rings is 1. The fourth-order valence-electron chi connectivity index (χ4n) is 1.36. The summed E-state index contributed by atoms with van der Waals surface area (Å²) >= 11 is 3.33. The van der Waals surface area contributed by atoms with Gasteiger partial charge in [0.15, 0.2) is 0 Å². The van der Waals surface area contributed by atoms with Crippen molar-refractivity contribution in [3.05, 3.63) is 29.3 Å². The summed E-state index contributed by atoms with van der Waals surface area (Å²) in [5.41, 5.74) is 1.04. The Hall–Kier alpha value is -1.03. The quantitative estimate of drug-likeness (QED) is 0.836. The number of hydrogen-bond donors (Lipinski definition) is 2. The molecule has 3 nitrogen and oxygen atoms in total. The number of phenols is 1. The van der Waals surface area contributed by atoms with E-state index < -0.39 is 0 Å². The molecular weight excluding hydrogens is 270 g/mol. The maximum atomic E-state index is 11.9. The molecule has 0 aromatic heterocycles. The van der Waals surface area contributed by atoms with Crippen LogP contribution in [0.15, 0.2) is 18.2 Å². The van der Waals surface area contributed by atoms with Gasteiger partial charge >= 0.3 is 0 Å². The Balaban J connectivity index is 2.84. The lowest BCUT2D eigenvalue weighted by molar-refractivity contribution is 0.0937. The molecule has 1 aromatic rings. The van der Waals surface area contributed by atoms with E-state index in [1.165, 1.54) is 0 Å². The molecule has 0 spiro atoms. The lowest BCUT2D eigenvalue weighted by Gasteiger charge is -2.14. The van der Waals surface area contributed by atoms with E-state index in [0.717, 1.165) is 6.42 Å². The van der Waals surface area contributed by atoms with Crippen molar-refractivity contribution in [1.82, 2.24) is 5.32 Å². The maximum absolute atomic E-state index is 11.9. The van der Waals surface area contributed by atoms with Crippen molar-refractivity contribution in [3.63, 3.8) is 0 Å². The molecule has 1 amide bonds. The van der Waals surface area contributed by atoms with E-state index in [4.69, 9.17) is 0 Å². The van der Waals surface area contributed by atoms with Crippen molar-refractivity contribution in [2.45, 2.75) is 26.3 Å². The SMILES string of the molecule is CCC(CBr)NC(=O)c1cccc(C)c1O. The maximum Gasteiger partial charge on any atom is 0.255 e. The average molecular weight is 286 g/mol. The van der Waals surface area contributed by atoms with Crippen LogP contribution in [0.25, 0.3) is 0 Å². The minimum Gasteiger partial charge on any atom is -0.507 e. The van der Waals surface area contributed by atoms with E-state index in [-0.39, 0.29) is 17.7 Å². The summed E-state index contributed by atoms with van der Waals surface area (Å²) in [6.45, 7) is 3.77. The Bertz CT molecular complexity index is 375. The van der Waals surface area contributed by atoms with Gasteiger partial charge in [0.25, 0.3) is 5.91 Å². The predicted octanol–water partition coefficient (Wildman–Crippen LogP) is 2.60. The van der Waals surface area contributed by atoms with Crippen molar-refractivity contribution < 1.29 is 9.90 Å². The number of rotatable bonds is 4. The van der Waals surface area contributed by atoms with Crippen LogP contribution in [0.1, 0.15) is 29.3 Å². The third-order valence-corrected chi connectivity index (χ3v) is 3.28. The summed E-state index contributed by atoms with van der Waals surface area (Å²) in [5, 5.41) is 13.3. The first-order chi connectivity index (χ1) is 7.60. The number of carbonyl (C=O) groups excluding carboxylic acids is 1. The van der Waals surface area contributed by atoms with Gasteiger partial charge in [-0.05, 0) is 25.0 Å². The van der Waals surface area contributed by atoms with Crippen LogP contribution in [-0.4, -0.2) is 22.4 Å². The van der Waals surface area contributed by atoms with Crippen LogP contribution >= 0.6 is 15.9 Å². The number of hydrogen-bond acceptors (Lipinski definition) is 2. The predicted molar refractivity (Wildman–Crippen MR) is 68.2 cm³/mol. The third-order valence-electron chi connectivity index (χ3n) is 2.50. The fraction of sp³-hybridized carbons (Fsp3) is 0.417. The second-order valence-electron chi connectivity index (χ2n) is 3.70. The molecule has 88 valence electrons. The van der Waals surface area contributed by atoms with E-state index in [0.29, 0.717) is 16.5 Å². The van der Waals surface area contributed by atoms with E-state index in [1.807, 2.05) is 6.92 Å². The number of para-hydroxylation sites is 1. The van der Waals surface area contributed by atoms with Gasteiger partial charge in [-0.1, -0.05) is 35.0 Å². The molecule has 0 saturated carbocycles. The van der Waals surface area contributed by atoms with E-state index in [2.05, 4.69) is 21.2 Å². The van der Waals surface area contributed by atoms with Crippen LogP contribution in [0.4, 0.5) is 0 Å². The van der Waals surface area contributed by atoms with E-state index in [1.54, 1.807) is 25.1 Å². The number of halogens is 1. The summed E-state index contributed by atoms with van der Waals surface area (Å²) in [5.74, 6) is -0.170. The molecule has 1 atom stereocenters. The smallest absolute Gasteiger partial charge is 0.255 e. The van der Waals surface area contributed by atoms with E-state index in [9.17, 15) is 9.90 Å². The zero-order chi connectivity index (χ0) is 12.1. The molecule has 0 aliphatic rings. The van der Waals surface area contributed by atoms with Crippen LogP contribution in [0.2, 0.25) is 0 Å². The Morgan fingerprint density at radius 1 is 1.56 bits per heavy atom. The van der Waals surface area contributed by atoms with Crippen LogP contribution in [-0.2, 0) is 0 Å². The van der Waals surface area contributed by atoms with Crippen LogP contribution < -0.4 is 5.32 Å². The number of phenolic OH excluding ortho intramolecular Hbond substituents is 1. The lowest BCUT2D eigenvalue weighted by Crippen LogP contribution is -2.35. The standard InChI is InChI=1S/C12H16BrNO2/c1-3-9(7-13)14-12(16)10-6-4-5-8(2)11(10)15/h4-6,9,15H,3,7H2,1-2H3,(H,14,16). The van der Waals surface area contributed by atoms with Gasteiger partial charge in [0.1, 0.15) is 5.75 Å². The first-order valence-electron chi connectivity index (χ1n) is 5.25. The highest BCUT2D eigenvalue weighted by Crippen LogP contribution is 2.21. The van der Waals surface area contributed by atoms with E-state index >= 15 is 0 Å². The monoisotopic (exact) mass is 285 g/mol. The summed E-state index contributed by atoms with van der Waals surface area (Å²) in [7, 11) is 0. The molecule has 0 aliphatic heterocycles. The highest BCUT2D eigenvalue weighted by atomic mass is 79.9. The number of alkyl halides is 1. The molecule has 0 heterocycles. The molecule has 0 radical (unpaired) electrons. The summed E-state index contributed by atoms with van der Waals surface area (Å²) in [6.07, 6.45) is 0.851. The first-order valence-corrected chi connectivity index (χ1v) is 6.37. The Labute approximate surface area is 104 Å². The van der Waals surface area contributed by atoms with Crippen LogP contribution in [0.5, 0.6) is 5.75 Å². The molecule has 0 aliphatic carbocycles. The van der Waals surface area contributed by atoms with Crippen molar-refractivity contribution >= 4 is 21.8 Å². The second kappa shape index (κ2) is 5.89. The second-order valence-corrected chi connectivity index (χ2v) is 4.35. The summed E-state index contributed by atoms with van der Waals surface area (Å²) in [6, 6.07) is 5.25. The normalized spacial score (nSPS) is 12.2. The number of aryl methyl sites for hydroxylation is 1. The van der Waals surface area contributed by atoms with Gasteiger partial charge in [-0.3, -0.25) is 4.79 Å². The average Bonchev–Trinajstić information content (AvgIpc) is 2.29. The van der Waals surface area contributed by atoms with Gasteiger partial charge < -0.3 is 10.4 Å². The summed E-state index contributed by atoms with van der Waals surface area (Å²) < 4.78 is 0. The van der Waals surface area contributed by atoms with Gasteiger partial charge in [-0.2, -0.15) is 0 Å². The number of nitrogens with one attached hydrogen (secondary N) is 1. The molecule has 1 unspecified atom stereocenters. The number of carbonyl (C=O) groups is 1. The molecule has 0 bridgehead atoms. The molecule has 1 rings (SSSR count). The Morgan fingerprint density at radius 3 is 2.81 bits per heavy atom. The molecule has 16 heavy (non-hydrogen) atoms. The van der Waals surface area contributed by atoms with Gasteiger partial charge in [-0.15, -0.1) is 0 Å². The third kappa shape index (κ3) is 2.98. The Kier molecular flexibility index (Phi) is 4.80. The van der Waals surface area contributed by atoms with Crippen molar-refractivity contribution in [2.24, 2.45) is 0 Å². The van der Waals surface area contributed by atoms with Crippen LogP contribution in [0, 0.1) is 6.92 Å². The van der Waals surface area contributed by atoms with Gasteiger partial charge in [-0.25, -0.2) is 0 Å². The molecule has 2 N–H and O–H groups in total.